The maximum Gasteiger partial charge on any atom is 0.320 e. The minimum absolute atomic E-state index is 0.0114. The Morgan fingerprint density at radius 1 is 0.806 bits per heavy atom. The van der Waals surface area contributed by atoms with E-state index in [0.29, 0.717) is 44.5 Å². The van der Waals surface area contributed by atoms with Crippen LogP contribution in [-0.4, -0.2) is 95.6 Å². The number of aryl methyl sites for hydroxylation is 1. The third kappa shape index (κ3) is 35.7. The number of carbonyl (C=O) groups excluding carboxylic acids is 3. The molecule has 362 valence electrons. The number of aromatic nitrogens is 1. The van der Waals surface area contributed by atoms with Crippen LogP contribution in [0.5, 0.6) is 0 Å². The summed E-state index contributed by atoms with van der Waals surface area (Å²) in [7, 11) is 0. The highest BCUT2D eigenvalue weighted by atomic mass is 32.1. The lowest BCUT2D eigenvalue weighted by atomic mass is 9.83. The number of ether oxygens (including phenoxy) is 4. The fourth-order valence-corrected chi connectivity index (χ4v) is 6.98. The van der Waals surface area contributed by atoms with E-state index in [-0.39, 0.29) is 59.0 Å². The molecular formula is C49H91N3O9S. The summed E-state index contributed by atoms with van der Waals surface area (Å²) in [5.74, 6) is -0.309. The molecule has 5 atom stereocenters. The zero-order chi connectivity index (χ0) is 48.2. The third-order valence-electron chi connectivity index (χ3n) is 10.3. The van der Waals surface area contributed by atoms with E-state index in [9.17, 15) is 19.2 Å². The number of Topliss-reactive ketones (excluding diaryl/α,β-unsaturated/α-hetero) is 1. The molecule has 1 aromatic rings. The Morgan fingerprint density at radius 2 is 1.32 bits per heavy atom. The van der Waals surface area contributed by atoms with Gasteiger partial charge in [-0.1, -0.05) is 60.0 Å². The Bertz CT molecular complexity index is 1400. The molecule has 3 N–H and O–H groups in total. The number of thiazole rings is 1. The van der Waals surface area contributed by atoms with Crippen molar-refractivity contribution in [2.75, 3.05) is 32.9 Å². The van der Waals surface area contributed by atoms with Crippen molar-refractivity contribution < 1.29 is 43.2 Å². The van der Waals surface area contributed by atoms with Crippen molar-refractivity contribution in [1.29, 1.82) is 0 Å². The van der Waals surface area contributed by atoms with Gasteiger partial charge in [-0.15, -0.1) is 11.3 Å². The molecule has 0 aliphatic rings. The summed E-state index contributed by atoms with van der Waals surface area (Å²) >= 11 is 1.68. The molecule has 1 heterocycles. The van der Waals surface area contributed by atoms with Gasteiger partial charge in [0.05, 0.1) is 47.5 Å². The van der Waals surface area contributed by atoms with Gasteiger partial charge in [0.15, 0.2) is 0 Å². The van der Waals surface area contributed by atoms with Crippen LogP contribution in [-0.2, 0) is 38.1 Å². The van der Waals surface area contributed by atoms with Gasteiger partial charge in [0.25, 0.3) is 6.47 Å². The lowest BCUT2D eigenvalue weighted by Crippen LogP contribution is -2.45. The first-order chi connectivity index (χ1) is 28.6. The van der Waals surface area contributed by atoms with Crippen molar-refractivity contribution in [3.63, 3.8) is 0 Å². The first-order valence-corrected chi connectivity index (χ1v) is 23.8. The number of nitrogens with zero attached hydrogens (tertiary/aromatic N) is 1. The Balaban J connectivity index is 0. The summed E-state index contributed by atoms with van der Waals surface area (Å²) < 4.78 is 21.9. The van der Waals surface area contributed by atoms with E-state index in [1.165, 1.54) is 0 Å². The van der Waals surface area contributed by atoms with Crippen molar-refractivity contribution in [3.8, 4) is 0 Å². The summed E-state index contributed by atoms with van der Waals surface area (Å²) in [5, 5.41) is 18.0. The zero-order valence-electron chi connectivity index (χ0n) is 42.2. The summed E-state index contributed by atoms with van der Waals surface area (Å²) in [5.41, 5.74) is 0.279. The fraction of sp³-hybridized carbons (Fsp3) is 0.816. The quantitative estimate of drug-likeness (QED) is 0.0397. The van der Waals surface area contributed by atoms with Crippen LogP contribution in [0, 0.1) is 30.6 Å². The van der Waals surface area contributed by atoms with Gasteiger partial charge >= 0.3 is 11.9 Å². The Labute approximate surface area is 381 Å². The zero-order valence-corrected chi connectivity index (χ0v) is 43.0. The number of nitrogens with one attached hydrogen (secondary N) is 2. The van der Waals surface area contributed by atoms with E-state index in [1.54, 1.807) is 11.3 Å². The van der Waals surface area contributed by atoms with E-state index in [1.807, 2.05) is 116 Å². The largest absolute Gasteiger partial charge is 0.480 e. The second kappa shape index (κ2) is 32.0. The number of allylic oxidation sites excluding steroid dienone is 1. The molecule has 1 aromatic heterocycles. The number of carboxylic acid groups (broad SMARTS) is 1. The summed E-state index contributed by atoms with van der Waals surface area (Å²) in [6.45, 7) is 36.8. The maximum atomic E-state index is 13.2. The number of ketones is 1. The molecule has 0 aliphatic carbocycles. The number of rotatable bonds is 29. The molecule has 12 nitrogen and oxygen atoms in total. The van der Waals surface area contributed by atoms with Crippen LogP contribution in [0.1, 0.15) is 179 Å². The molecule has 0 aromatic carbocycles. The van der Waals surface area contributed by atoms with Crippen LogP contribution in [0.2, 0.25) is 0 Å². The number of hydrogen-bond acceptors (Lipinski definition) is 12. The van der Waals surface area contributed by atoms with Crippen LogP contribution >= 0.6 is 11.3 Å². The average Bonchev–Trinajstić information content (AvgIpc) is 3.57. The van der Waals surface area contributed by atoms with Gasteiger partial charge in [0.2, 0.25) is 0 Å². The molecule has 0 bridgehead atoms. The maximum absolute atomic E-state index is 13.2. The van der Waals surface area contributed by atoms with Crippen LogP contribution < -0.4 is 10.6 Å². The SMILES string of the molecule is C/C=C\c1csc(C)n1.CC(C)(CCOC(C)(C)C)NCC(=O)O.CCC(OC(=O)CNC(C)(C)CCOC(C)(C)C)C(C)C(=O)C(C)CC(C)CCCC(C)CCCOC=O. The van der Waals surface area contributed by atoms with Crippen LogP contribution in [0.4, 0.5) is 0 Å². The topological polar surface area (TPSA) is 162 Å². The van der Waals surface area contributed by atoms with Gasteiger partial charge in [0, 0.05) is 35.6 Å². The lowest BCUT2D eigenvalue weighted by Gasteiger charge is -2.29. The van der Waals surface area contributed by atoms with Gasteiger partial charge in [-0.3, -0.25) is 19.2 Å². The van der Waals surface area contributed by atoms with Crippen LogP contribution in [0.25, 0.3) is 6.08 Å². The molecular weight excluding hydrogens is 807 g/mol. The number of carbonyl (C=O) groups is 4. The van der Waals surface area contributed by atoms with E-state index >= 15 is 0 Å². The van der Waals surface area contributed by atoms with Crippen LogP contribution in [0.3, 0.4) is 0 Å². The van der Waals surface area contributed by atoms with Gasteiger partial charge < -0.3 is 34.7 Å². The normalized spacial score (nSPS) is 14.7. The van der Waals surface area contributed by atoms with E-state index in [2.05, 4.69) is 34.8 Å². The van der Waals surface area contributed by atoms with Gasteiger partial charge in [-0.25, -0.2) is 4.98 Å². The number of hydrogen-bond donors (Lipinski definition) is 3. The van der Waals surface area contributed by atoms with Gasteiger partial charge in [0.1, 0.15) is 11.9 Å². The van der Waals surface area contributed by atoms with Crippen molar-refractivity contribution in [1.82, 2.24) is 15.6 Å². The predicted molar refractivity (Wildman–Crippen MR) is 256 cm³/mol. The van der Waals surface area contributed by atoms with Crippen molar-refractivity contribution in [3.05, 3.63) is 22.2 Å². The Hall–Kier alpha value is -2.71. The number of aliphatic carboxylic acids is 1. The molecule has 0 amide bonds. The Kier molecular flexibility index (Phi) is 31.7. The first-order valence-electron chi connectivity index (χ1n) is 22.9. The summed E-state index contributed by atoms with van der Waals surface area (Å²) in [6, 6.07) is 0. The van der Waals surface area contributed by atoms with E-state index < -0.39 is 12.1 Å². The van der Waals surface area contributed by atoms with Crippen molar-refractivity contribution in [2.45, 2.75) is 204 Å². The van der Waals surface area contributed by atoms with Gasteiger partial charge in [-0.05, 0) is 140 Å². The molecule has 5 unspecified atom stereocenters. The molecule has 0 spiro atoms. The highest BCUT2D eigenvalue weighted by Gasteiger charge is 2.30. The molecule has 62 heavy (non-hydrogen) atoms. The average molecular weight is 898 g/mol. The van der Waals surface area contributed by atoms with E-state index in [0.717, 1.165) is 62.1 Å². The van der Waals surface area contributed by atoms with E-state index in [4.69, 9.17) is 24.1 Å². The number of carboxylic acids is 1. The minimum atomic E-state index is -0.834. The standard InChI is InChI=1S/C31H59NO6.C11H23NO3.C7H9NS/c1-11-27(38-28(34)21-32-31(9,10)17-19-37-30(6,7)8)26(5)29(35)25(4)20-24(3)15-12-14-23(2)16-13-18-36-22-33;1-10(2,3)15-7-6-11(4,5)12-8-9(13)14;1-3-4-7-5-9-6(2)8-7/h22-27,32H,11-21H2,1-10H3;12H,6-8H2,1-5H3,(H,13,14);3-5H,1-2H3/b;;4-3-. The molecule has 0 radical (unpaired) electrons. The molecule has 0 fully saturated rings. The predicted octanol–water partition coefficient (Wildman–Crippen LogP) is 10.6. The van der Waals surface area contributed by atoms with Crippen molar-refractivity contribution >= 4 is 41.6 Å². The van der Waals surface area contributed by atoms with Crippen molar-refractivity contribution in [2.24, 2.45) is 23.7 Å². The second-order valence-electron chi connectivity index (χ2n) is 20.1. The van der Waals surface area contributed by atoms with Crippen LogP contribution in [0.15, 0.2) is 11.5 Å². The molecule has 1 rings (SSSR count). The lowest BCUT2D eigenvalue weighted by molar-refractivity contribution is -0.153. The summed E-state index contributed by atoms with van der Waals surface area (Å²) in [6.07, 6.45) is 11.9. The second-order valence-corrected chi connectivity index (χ2v) is 21.2. The third-order valence-corrected chi connectivity index (χ3v) is 11.1. The molecule has 0 aliphatic heterocycles. The molecule has 13 heteroatoms. The van der Waals surface area contributed by atoms with Gasteiger partial charge in [-0.2, -0.15) is 0 Å². The molecule has 0 saturated carbocycles. The summed E-state index contributed by atoms with van der Waals surface area (Å²) in [4.78, 5) is 50.6. The smallest absolute Gasteiger partial charge is 0.320 e. The monoisotopic (exact) mass is 898 g/mol. The highest BCUT2D eigenvalue weighted by Crippen LogP contribution is 2.25. The molecule has 0 saturated heterocycles. The number of esters is 1. The minimum Gasteiger partial charge on any atom is -0.480 e. The highest BCUT2D eigenvalue weighted by molar-refractivity contribution is 7.09. The fourth-order valence-electron chi connectivity index (χ4n) is 6.40. The Morgan fingerprint density at radius 3 is 1.77 bits per heavy atom. The first kappa shape index (κ1) is 61.4.